The van der Waals surface area contributed by atoms with Crippen molar-refractivity contribution in [1.82, 2.24) is 14.9 Å². The second kappa shape index (κ2) is 9.15. The van der Waals surface area contributed by atoms with Gasteiger partial charge in [-0.25, -0.2) is 19.2 Å². The molecular weight excluding hydrogens is 447 g/mol. The van der Waals surface area contributed by atoms with E-state index in [-0.39, 0.29) is 27.8 Å². The van der Waals surface area contributed by atoms with Crippen LogP contribution in [0.4, 0.5) is 10.2 Å². The molecule has 170 valence electrons. The van der Waals surface area contributed by atoms with E-state index in [2.05, 4.69) is 16.5 Å². The van der Waals surface area contributed by atoms with Crippen LogP contribution >= 0.6 is 11.6 Å². The number of aryl methyl sites for hydroxylation is 1. The van der Waals surface area contributed by atoms with Gasteiger partial charge in [0.1, 0.15) is 17.2 Å². The molecule has 1 saturated heterocycles. The summed E-state index contributed by atoms with van der Waals surface area (Å²) in [5, 5.41) is 0.783. The number of anilines is 1. The van der Waals surface area contributed by atoms with Crippen LogP contribution in [-0.4, -0.2) is 60.0 Å². The fourth-order valence-corrected chi connectivity index (χ4v) is 4.25. The number of halogens is 2. The Balaban J connectivity index is 1.89. The van der Waals surface area contributed by atoms with Gasteiger partial charge in [0.15, 0.2) is 0 Å². The van der Waals surface area contributed by atoms with Gasteiger partial charge in [0.2, 0.25) is 5.91 Å². The van der Waals surface area contributed by atoms with E-state index >= 15 is 0 Å². The number of aromatic nitrogens is 2. The minimum absolute atomic E-state index is 0.121. The first-order valence-electron chi connectivity index (χ1n) is 10.4. The maximum absolute atomic E-state index is 14.5. The molecule has 1 aliphatic heterocycles. The number of carbonyl (C=O) groups excluding carboxylic acids is 2. The monoisotopic (exact) mass is 468 g/mol. The standard InChI is InChI=1S/C24H22ClFN4O3/c1-4-19(31)29-9-11-30(12-10-29)23-16-13-17(25)21(15-7-5-6-8-18(15)26)28-22(16)20(14(2)27-23)24(32)33-3/h4-8,13H,1,9-12H2,2-3H3. The first kappa shape index (κ1) is 22.7. The number of esters is 1. The van der Waals surface area contributed by atoms with E-state index in [4.69, 9.17) is 16.3 Å². The van der Waals surface area contributed by atoms with Gasteiger partial charge in [0.25, 0.3) is 0 Å². The lowest BCUT2D eigenvalue weighted by Crippen LogP contribution is -2.48. The van der Waals surface area contributed by atoms with Gasteiger partial charge in [0.05, 0.1) is 29.0 Å². The van der Waals surface area contributed by atoms with Crippen molar-refractivity contribution in [1.29, 1.82) is 0 Å². The number of pyridine rings is 2. The fraction of sp³-hybridized carbons (Fsp3) is 0.250. The molecule has 9 heteroatoms. The van der Waals surface area contributed by atoms with Gasteiger partial charge in [-0.1, -0.05) is 30.3 Å². The lowest BCUT2D eigenvalue weighted by Gasteiger charge is -2.35. The molecule has 1 fully saturated rings. The number of amides is 1. The maximum Gasteiger partial charge on any atom is 0.341 e. The molecule has 0 spiro atoms. The molecule has 1 amide bonds. The molecule has 0 N–H and O–H groups in total. The SMILES string of the molecule is C=CC(=O)N1CCN(c2nc(C)c(C(=O)OC)c3nc(-c4ccccc4F)c(Cl)cc23)CC1. The third kappa shape index (κ3) is 4.14. The molecule has 3 aromatic rings. The molecule has 0 bridgehead atoms. The van der Waals surface area contributed by atoms with Gasteiger partial charge < -0.3 is 14.5 Å². The highest BCUT2D eigenvalue weighted by Crippen LogP contribution is 2.36. The number of hydrogen-bond donors (Lipinski definition) is 0. The summed E-state index contributed by atoms with van der Waals surface area (Å²) < 4.78 is 19.5. The minimum atomic E-state index is -0.591. The van der Waals surface area contributed by atoms with E-state index in [1.54, 1.807) is 36.1 Å². The average Bonchev–Trinajstić information content (AvgIpc) is 2.83. The van der Waals surface area contributed by atoms with E-state index in [0.29, 0.717) is 48.6 Å². The predicted molar refractivity (Wildman–Crippen MR) is 125 cm³/mol. The number of fused-ring (bicyclic) bond motifs is 1. The first-order valence-corrected chi connectivity index (χ1v) is 10.7. The number of piperazine rings is 1. The predicted octanol–water partition coefficient (Wildman–Crippen LogP) is 4.02. The summed E-state index contributed by atoms with van der Waals surface area (Å²) in [5.74, 6) is -0.591. The molecule has 1 aromatic carbocycles. The molecule has 0 unspecified atom stereocenters. The zero-order valence-electron chi connectivity index (χ0n) is 18.3. The quantitative estimate of drug-likeness (QED) is 0.425. The second-order valence-electron chi connectivity index (χ2n) is 7.60. The van der Waals surface area contributed by atoms with Crippen molar-refractivity contribution in [2.75, 3.05) is 38.2 Å². The van der Waals surface area contributed by atoms with Crippen LogP contribution in [0.5, 0.6) is 0 Å². The van der Waals surface area contributed by atoms with Gasteiger partial charge in [-0.3, -0.25) is 4.79 Å². The number of ether oxygens (including phenoxy) is 1. The molecule has 3 heterocycles. The Morgan fingerprint density at radius 3 is 2.52 bits per heavy atom. The Morgan fingerprint density at radius 1 is 1.18 bits per heavy atom. The largest absolute Gasteiger partial charge is 0.465 e. The zero-order chi connectivity index (χ0) is 23.7. The second-order valence-corrected chi connectivity index (χ2v) is 8.01. The number of carbonyl (C=O) groups is 2. The topological polar surface area (TPSA) is 75.6 Å². The molecular formula is C24H22ClFN4O3. The number of methoxy groups -OCH3 is 1. The highest BCUT2D eigenvalue weighted by atomic mass is 35.5. The summed E-state index contributed by atoms with van der Waals surface area (Å²) in [6, 6.07) is 7.83. The zero-order valence-corrected chi connectivity index (χ0v) is 19.0. The third-order valence-corrected chi connectivity index (χ3v) is 5.96. The number of benzene rings is 1. The lowest BCUT2D eigenvalue weighted by molar-refractivity contribution is -0.126. The molecule has 7 nitrogen and oxygen atoms in total. The van der Waals surface area contributed by atoms with Crippen LogP contribution < -0.4 is 4.90 Å². The van der Waals surface area contributed by atoms with Gasteiger partial charge in [-0.05, 0) is 31.2 Å². The van der Waals surface area contributed by atoms with Crippen LogP contribution in [0.3, 0.4) is 0 Å². The van der Waals surface area contributed by atoms with Crippen LogP contribution in [-0.2, 0) is 9.53 Å². The Kier molecular flexibility index (Phi) is 6.29. The number of nitrogens with zero attached hydrogens (tertiary/aromatic N) is 4. The molecule has 0 radical (unpaired) electrons. The van der Waals surface area contributed by atoms with Crippen molar-refractivity contribution < 1.29 is 18.7 Å². The Hall–Kier alpha value is -3.52. The van der Waals surface area contributed by atoms with Gasteiger partial charge in [-0.2, -0.15) is 0 Å². The molecule has 1 aliphatic rings. The highest BCUT2D eigenvalue weighted by molar-refractivity contribution is 6.34. The van der Waals surface area contributed by atoms with Gasteiger partial charge >= 0.3 is 5.97 Å². The Labute approximate surface area is 195 Å². The lowest BCUT2D eigenvalue weighted by atomic mass is 10.0. The van der Waals surface area contributed by atoms with Crippen molar-refractivity contribution in [3.05, 3.63) is 65.1 Å². The molecule has 33 heavy (non-hydrogen) atoms. The van der Waals surface area contributed by atoms with Gasteiger partial charge in [0, 0.05) is 37.1 Å². The van der Waals surface area contributed by atoms with Crippen molar-refractivity contribution in [3.63, 3.8) is 0 Å². The Bertz CT molecular complexity index is 1270. The van der Waals surface area contributed by atoms with E-state index in [1.807, 2.05) is 4.90 Å². The molecule has 0 saturated carbocycles. The molecule has 0 atom stereocenters. The summed E-state index contributed by atoms with van der Waals surface area (Å²) in [6.07, 6.45) is 1.30. The summed E-state index contributed by atoms with van der Waals surface area (Å²) >= 11 is 6.55. The average molecular weight is 469 g/mol. The van der Waals surface area contributed by atoms with Crippen LogP contribution in [0.2, 0.25) is 5.02 Å². The summed E-state index contributed by atoms with van der Waals surface area (Å²) in [6.45, 7) is 7.31. The Morgan fingerprint density at radius 2 is 1.88 bits per heavy atom. The van der Waals surface area contributed by atoms with Crippen molar-refractivity contribution >= 4 is 40.2 Å². The van der Waals surface area contributed by atoms with E-state index in [0.717, 1.165) is 0 Å². The van der Waals surface area contributed by atoms with Crippen molar-refractivity contribution in [2.45, 2.75) is 6.92 Å². The minimum Gasteiger partial charge on any atom is -0.465 e. The van der Waals surface area contributed by atoms with Crippen molar-refractivity contribution in [3.8, 4) is 11.3 Å². The van der Waals surface area contributed by atoms with Gasteiger partial charge in [-0.15, -0.1) is 0 Å². The van der Waals surface area contributed by atoms with Crippen LogP contribution in [0, 0.1) is 12.7 Å². The smallest absolute Gasteiger partial charge is 0.341 e. The normalized spacial score (nSPS) is 13.8. The van der Waals surface area contributed by atoms with E-state index in [1.165, 1.54) is 19.3 Å². The van der Waals surface area contributed by atoms with Crippen LogP contribution in [0.1, 0.15) is 16.1 Å². The molecule has 0 aliphatic carbocycles. The summed E-state index contributed by atoms with van der Waals surface area (Å²) in [7, 11) is 1.28. The van der Waals surface area contributed by atoms with Crippen LogP contribution in [0.15, 0.2) is 43.0 Å². The first-order chi connectivity index (χ1) is 15.8. The van der Waals surface area contributed by atoms with E-state index in [9.17, 15) is 14.0 Å². The fourth-order valence-electron chi connectivity index (χ4n) is 3.99. The summed E-state index contributed by atoms with van der Waals surface area (Å²) in [4.78, 5) is 37.6. The summed E-state index contributed by atoms with van der Waals surface area (Å²) in [5.41, 5.74) is 1.42. The maximum atomic E-state index is 14.5. The van der Waals surface area contributed by atoms with Crippen molar-refractivity contribution in [2.24, 2.45) is 0 Å². The van der Waals surface area contributed by atoms with Crippen LogP contribution in [0.25, 0.3) is 22.2 Å². The molecule has 2 aromatic heterocycles. The molecule has 4 rings (SSSR count). The highest BCUT2D eigenvalue weighted by Gasteiger charge is 2.27. The van der Waals surface area contributed by atoms with E-state index < -0.39 is 11.8 Å². The third-order valence-electron chi connectivity index (χ3n) is 5.67. The number of rotatable bonds is 4. The number of hydrogen-bond acceptors (Lipinski definition) is 6.